The van der Waals surface area contributed by atoms with Gasteiger partial charge in [-0.3, -0.25) is 0 Å². The summed E-state index contributed by atoms with van der Waals surface area (Å²) in [6, 6.07) is 0. The van der Waals surface area contributed by atoms with Crippen molar-refractivity contribution in [3.8, 4) is 0 Å². The highest BCUT2D eigenvalue weighted by Crippen LogP contribution is 1.99. The topological polar surface area (TPSA) is 83.6 Å². The van der Waals surface area contributed by atoms with Crippen LogP contribution < -0.4 is 5.73 Å². The Bertz CT molecular complexity index is 81.5. The Kier molecular flexibility index (Phi) is 6.78. The van der Waals surface area contributed by atoms with Crippen molar-refractivity contribution in [2.45, 2.75) is 18.8 Å². The van der Waals surface area contributed by atoms with E-state index in [2.05, 4.69) is 0 Å². The summed E-state index contributed by atoms with van der Waals surface area (Å²) >= 11 is 5.31. The first-order chi connectivity index (χ1) is 3.73. The van der Waals surface area contributed by atoms with E-state index in [1.54, 1.807) is 13.8 Å². The molecule has 56 valence electrons. The highest BCUT2D eigenvalue weighted by molar-refractivity contribution is 7.30. The molecule has 9 heavy (non-hydrogen) atoms. The van der Waals surface area contributed by atoms with E-state index >= 15 is 0 Å². The van der Waals surface area contributed by atoms with E-state index in [-0.39, 0.29) is 0 Å². The number of halogens is 1. The molecule has 0 aliphatic rings. The van der Waals surface area contributed by atoms with Crippen LogP contribution in [0.1, 0.15) is 13.8 Å². The van der Waals surface area contributed by atoms with Crippen molar-refractivity contribution in [3.63, 3.8) is 0 Å². The van der Waals surface area contributed by atoms with Gasteiger partial charge in [-0.25, -0.2) is 0 Å². The molecule has 0 aromatic heterocycles. The molecule has 6 heteroatoms. The Hall–Kier alpha value is 0.270. The van der Waals surface area contributed by atoms with Gasteiger partial charge in [-0.2, -0.15) is 0 Å². The molecule has 0 aliphatic heterocycles. The predicted molar refractivity (Wildman–Crippen MR) is 36.2 cm³/mol. The van der Waals surface area contributed by atoms with E-state index in [1.165, 1.54) is 0 Å². The van der Waals surface area contributed by atoms with Crippen LogP contribution in [-0.4, -0.2) is 14.8 Å². The average Bonchev–Trinajstić information content (AvgIpc) is 1.19. The summed E-state index contributed by atoms with van der Waals surface area (Å²) in [5.74, 6) is 0. The minimum absolute atomic E-state index is 0.528. The molecule has 4 nitrogen and oxygen atoms in total. The Morgan fingerprint density at radius 2 is 1.56 bits per heavy atom. The molecule has 0 saturated heterocycles. The van der Waals surface area contributed by atoms with E-state index < -0.39 is 13.3 Å². The summed E-state index contributed by atoms with van der Waals surface area (Å²) in [4.78, 5) is 13.7. The minimum Gasteiger partial charge on any atom is -0.313 e. The van der Waals surface area contributed by atoms with Gasteiger partial charge in [-0.05, 0) is 13.8 Å². The monoisotopic (exact) mass is 174 g/mol. The van der Waals surface area contributed by atoms with Crippen molar-refractivity contribution in [1.29, 1.82) is 0 Å². The lowest BCUT2D eigenvalue weighted by Crippen LogP contribution is -2.22. The molecule has 0 unspecified atom stereocenters. The fourth-order valence-electron chi connectivity index (χ4n) is 0. The van der Waals surface area contributed by atoms with Gasteiger partial charge in [0.2, 0.25) is 0 Å². The van der Waals surface area contributed by atoms with Crippen LogP contribution in [0, 0.1) is 0 Å². The molecule has 0 fully saturated rings. The van der Waals surface area contributed by atoms with Gasteiger partial charge < -0.3 is 5.73 Å². The maximum absolute atomic E-state index is 8.70. The number of hydrogen-bond acceptors (Lipinski definition) is 2. The second-order valence-electron chi connectivity index (χ2n) is 1.82. The Morgan fingerprint density at radius 1 is 1.56 bits per heavy atom. The van der Waals surface area contributed by atoms with Crippen LogP contribution in [0.2, 0.25) is 0 Å². The summed E-state index contributed by atoms with van der Waals surface area (Å²) in [5.41, 5.74) is 5.12. The van der Waals surface area contributed by atoms with Crippen molar-refractivity contribution in [3.05, 3.63) is 0 Å². The summed E-state index contributed by atoms with van der Waals surface area (Å²) in [6.45, 7) is 3.46. The third-order valence-corrected chi connectivity index (χ3v) is 0. The van der Waals surface area contributed by atoms with Gasteiger partial charge >= 0.3 is 8.25 Å². The Morgan fingerprint density at radius 3 is 1.56 bits per heavy atom. The van der Waals surface area contributed by atoms with Crippen LogP contribution in [0.15, 0.2) is 0 Å². The Labute approximate surface area is 59.6 Å². The lowest BCUT2D eigenvalue weighted by atomic mass is 10.4. The third kappa shape index (κ3) is 4460. The third-order valence-electron chi connectivity index (χ3n) is 0. The number of nitrogens with two attached hydrogens (primary N) is 1. The highest BCUT2D eigenvalue weighted by Gasteiger charge is 1.99. The van der Waals surface area contributed by atoms with Gasteiger partial charge in [0.25, 0.3) is 0 Å². The largest absolute Gasteiger partial charge is 0.692 e. The first kappa shape index (κ1) is 12.0. The molecule has 0 aliphatic carbocycles. The number of hydrogen-bond donors (Lipinski definition) is 3. The molecule has 0 rings (SSSR count). The first-order valence-corrected chi connectivity index (χ1v) is 3.60. The van der Waals surface area contributed by atoms with Gasteiger partial charge in [0.1, 0.15) is 0 Å². The van der Waals surface area contributed by atoms with Crippen molar-refractivity contribution in [2.24, 2.45) is 5.73 Å². The Balaban J connectivity index is 0. The molecule has 4 N–H and O–H groups in total. The molecule has 0 atom stereocenters. The maximum Gasteiger partial charge on any atom is 0.692 e. The van der Waals surface area contributed by atoms with Crippen molar-refractivity contribution >= 4 is 19.9 Å². The normalized spacial score (nSPS) is 9.56. The van der Waals surface area contributed by atoms with Gasteiger partial charge in [0.15, 0.2) is 0 Å². The van der Waals surface area contributed by atoms with E-state index in [0.717, 1.165) is 0 Å². The molecule has 0 aromatic rings. The average molecular weight is 175 g/mol. The molecule has 0 bridgehead atoms. The minimum atomic E-state index is -2.87. The van der Waals surface area contributed by atoms with Crippen molar-refractivity contribution in [1.82, 2.24) is 0 Å². The molecular weight excluding hydrogens is 164 g/mol. The van der Waals surface area contributed by atoms with E-state index in [1.807, 2.05) is 0 Å². The van der Waals surface area contributed by atoms with E-state index in [9.17, 15) is 0 Å². The smallest absolute Gasteiger partial charge is 0.313 e. The van der Waals surface area contributed by atoms with Gasteiger partial charge in [0.05, 0.1) is 5.00 Å². The highest BCUT2D eigenvalue weighted by atomic mass is 35.5. The lowest BCUT2D eigenvalue weighted by molar-refractivity contribution is 0.405. The summed E-state index contributed by atoms with van der Waals surface area (Å²) in [7, 11) is -2.87. The van der Waals surface area contributed by atoms with Crippen LogP contribution >= 0.6 is 19.9 Å². The first-order valence-electron chi connectivity index (χ1n) is 2.06. The number of alkyl halides is 1. The standard InChI is InChI=1S/C3H8ClN.HO3P/c1-3(2,4)5;1-4(2)3/h5H2,1-2H3;(H-,1,2,3)/p+1. The fourth-order valence-corrected chi connectivity index (χ4v) is 0. The zero-order valence-electron chi connectivity index (χ0n) is 5.21. The second-order valence-corrected chi connectivity index (χ2v) is 3.30. The molecule has 0 saturated carbocycles. The van der Waals surface area contributed by atoms with Crippen LogP contribution in [0.3, 0.4) is 0 Å². The van der Waals surface area contributed by atoms with Gasteiger partial charge in [-0.15, -0.1) is 21.4 Å². The summed E-state index contributed by atoms with van der Waals surface area (Å²) < 4.78 is 8.70. The SMILES string of the molecule is CC(C)(N)Cl.O=[P+](O)O. The quantitative estimate of drug-likeness (QED) is 0.285. The zero-order chi connectivity index (χ0) is 8.08. The predicted octanol–water partition coefficient (Wildman–Crippen LogP) is 0.548. The maximum atomic E-state index is 8.70. The van der Waals surface area contributed by atoms with Crippen LogP contribution in [-0.2, 0) is 4.57 Å². The van der Waals surface area contributed by atoms with Gasteiger partial charge in [-0.1, -0.05) is 0 Å². The van der Waals surface area contributed by atoms with Gasteiger partial charge in [0, 0.05) is 4.57 Å². The molecule has 0 heterocycles. The van der Waals surface area contributed by atoms with Crippen molar-refractivity contribution in [2.75, 3.05) is 0 Å². The molecular formula is C3H10ClNO3P+. The number of rotatable bonds is 0. The lowest BCUT2D eigenvalue weighted by Gasteiger charge is -2.02. The fraction of sp³-hybridized carbons (Fsp3) is 1.00. The van der Waals surface area contributed by atoms with Crippen LogP contribution in [0.25, 0.3) is 0 Å². The van der Waals surface area contributed by atoms with Crippen molar-refractivity contribution < 1.29 is 14.4 Å². The second kappa shape index (κ2) is 5.09. The molecule has 0 amide bonds. The van der Waals surface area contributed by atoms with E-state index in [4.69, 9.17) is 31.7 Å². The summed E-state index contributed by atoms with van der Waals surface area (Å²) in [5, 5.41) is 0. The van der Waals surface area contributed by atoms with E-state index in [0.29, 0.717) is 0 Å². The molecule has 0 aromatic carbocycles. The molecule has 0 radical (unpaired) electrons. The van der Waals surface area contributed by atoms with Crippen LogP contribution in [0.5, 0.6) is 0 Å². The summed E-state index contributed by atoms with van der Waals surface area (Å²) in [6.07, 6.45) is 0. The van der Waals surface area contributed by atoms with Crippen LogP contribution in [0.4, 0.5) is 0 Å². The zero-order valence-corrected chi connectivity index (χ0v) is 6.86. The molecule has 0 spiro atoms.